The first-order valence-electron chi connectivity index (χ1n) is 9.88. The van der Waals surface area contributed by atoms with Crippen LogP contribution in [0.4, 0.5) is 20.7 Å². The van der Waals surface area contributed by atoms with E-state index in [1.54, 1.807) is 24.4 Å². The third kappa shape index (κ3) is 4.67. The lowest BCUT2D eigenvalue weighted by Gasteiger charge is -2.39. The number of halogens is 1. The average molecular weight is 404 g/mol. The molecule has 0 spiro atoms. The monoisotopic (exact) mass is 403 g/mol. The summed E-state index contributed by atoms with van der Waals surface area (Å²) in [4.78, 5) is 14.9. The lowest BCUT2D eigenvalue weighted by atomic mass is 10.0. The maximum atomic E-state index is 13.3. The highest BCUT2D eigenvalue weighted by molar-refractivity contribution is 7.99. The summed E-state index contributed by atoms with van der Waals surface area (Å²) in [5, 5.41) is 9.95. The summed E-state index contributed by atoms with van der Waals surface area (Å²) in [6.07, 6.45) is 6.37. The normalized spacial score (nSPS) is 19.5. The maximum absolute atomic E-state index is 13.3. The van der Waals surface area contributed by atoms with E-state index < -0.39 is 6.03 Å². The Bertz CT molecular complexity index is 799. The number of hydrogen-bond acceptors (Lipinski definition) is 4. The lowest BCUT2D eigenvalue weighted by molar-refractivity contribution is 0.125. The third-order valence-corrected chi connectivity index (χ3v) is 6.60. The van der Waals surface area contributed by atoms with E-state index >= 15 is 0 Å². The van der Waals surface area contributed by atoms with E-state index in [1.165, 1.54) is 36.5 Å². The number of thioether (sulfide) groups is 1. The topological polar surface area (TPSA) is 62.2 Å². The molecule has 8 heteroatoms. The van der Waals surface area contributed by atoms with E-state index in [4.69, 9.17) is 0 Å². The molecule has 2 N–H and O–H groups in total. The minimum absolute atomic E-state index is 0.286. The van der Waals surface area contributed by atoms with E-state index in [-0.39, 0.29) is 11.9 Å². The number of likely N-dealkylation sites (tertiary alicyclic amines) is 1. The van der Waals surface area contributed by atoms with Gasteiger partial charge in [0.05, 0.1) is 12.2 Å². The highest BCUT2D eigenvalue weighted by Crippen LogP contribution is 2.30. The molecule has 2 fully saturated rings. The van der Waals surface area contributed by atoms with Gasteiger partial charge in [-0.2, -0.15) is 16.9 Å². The van der Waals surface area contributed by atoms with Crippen LogP contribution in [0.5, 0.6) is 0 Å². The van der Waals surface area contributed by atoms with Crippen molar-refractivity contribution < 1.29 is 9.18 Å². The molecule has 2 amide bonds. The molecule has 0 unspecified atom stereocenters. The predicted octanol–water partition coefficient (Wildman–Crippen LogP) is 4.20. The fourth-order valence-electron chi connectivity index (χ4n) is 4.09. The molecule has 2 aromatic rings. The maximum Gasteiger partial charge on any atom is 0.324 e. The fourth-order valence-corrected chi connectivity index (χ4v) is 5.18. The van der Waals surface area contributed by atoms with Crippen LogP contribution in [0.25, 0.3) is 0 Å². The second-order valence-electron chi connectivity index (χ2n) is 7.36. The van der Waals surface area contributed by atoms with Crippen molar-refractivity contribution in [2.24, 2.45) is 0 Å². The SMILES string of the molecule is O=C(Nc1cccc(F)c1)Nc1ccnn1C1CCN(C2CCSCC2)CC1. The first-order chi connectivity index (χ1) is 13.7. The van der Waals surface area contributed by atoms with Gasteiger partial charge in [-0.3, -0.25) is 5.32 Å². The number of aromatic nitrogens is 2. The lowest BCUT2D eigenvalue weighted by Crippen LogP contribution is -2.43. The predicted molar refractivity (Wildman–Crippen MR) is 111 cm³/mol. The van der Waals surface area contributed by atoms with E-state index in [0.29, 0.717) is 11.5 Å². The van der Waals surface area contributed by atoms with Crippen molar-refractivity contribution in [2.75, 3.05) is 35.2 Å². The molecule has 0 aliphatic carbocycles. The van der Waals surface area contributed by atoms with Crippen molar-refractivity contribution in [3.8, 4) is 0 Å². The number of carbonyl (C=O) groups excluding carboxylic acids is 1. The Morgan fingerprint density at radius 1 is 1.07 bits per heavy atom. The Morgan fingerprint density at radius 2 is 1.86 bits per heavy atom. The largest absolute Gasteiger partial charge is 0.324 e. The molecule has 6 nitrogen and oxygen atoms in total. The molecule has 2 aliphatic heterocycles. The van der Waals surface area contributed by atoms with Gasteiger partial charge in [-0.1, -0.05) is 6.07 Å². The summed E-state index contributed by atoms with van der Waals surface area (Å²) in [6, 6.07) is 8.27. The van der Waals surface area contributed by atoms with E-state index in [0.717, 1.165) is 32.0 Å². The number of carbonyl (C=O) groups is 1. The molecule has 2 saturated heterocycles. The zero-order valence-electron chi connectivity index (χ0n) is 15.8. The summed E-state index contributed by atoms with van der Waals surface area (Å²) in [5.41, 5.74) is 0.419. The van der Waals surface area contributed by atoms with E-state index in [2.05, 4.69) is 32.4 Å². The minimum atomic E-state index is -0.399. The fraction of sp³-hybridized carbons (Fsp3) is 0.500. The molecule has 0 radical (unpaired) electrons. The Kier molecular flexibility index (Phi) is 6.17. The van der Waals surface area contributed by atoms with Gasteiger partial charge in [-0.15, -0.1) is 0 Å². The molecule has 0 saturated carbocycles. The van der Waals surface area contributed by atoms with Gasteiger partial charge in [0.15, 0.2) is 0 Å². The summed E-state index contributed by atoms with van der Waals surface area (Å²) < 4.78 is 15.2. The summed E-state index contributed by atoms with van der Waals surface area (Å²) in [5.74, 6) is 2.84. The van der Waals surface area contributed by atoms with Crippen molar-refractivity contribution in [3.05, 3.63) is 42.3 Å². The standard InChI is InChI=1S/C20H26FN5OS/c21-15-2-1-3-16(14-15)23-20(27)24-19-4-9-22-26(19)18-5-10-25(11-6-18)17-7-12-28-13-8-17/h1-4,9,14,17-18H,5-8,10-13H2,(H2,23,24,27). The van der Waals surface area contributed by atoms with Crippen molar-refractivity contribution >= 4 is 29.3 Å². The molecule has 1 aromatic carbocycles. The van der Waals surface area contributed by atoms with Crippen LogP contribution >= 0.6 is 11.8 Å². The Hall–Kier alpha value is -2.06. The molecule has 0 bridgehead atoms. The van der Waals surface area contributed by atoms with Crippen molar-refractivity contribution in [1.29, 1.82) is 0 Å². The van der Waals surface area contributed by atoms with Gasteiger partial charge in [-0.25, -0.2) is 13.9 Å². The van der Waals surface area contributed by atoms with Gasteiger partial charge in [-0.05, 0) is 55.4 Å². The van der Waals surface area contributed by atoms with Crippen LogP contribution in [0.3, 0.4) is 0 Å². The van der Waals surface area contributed by atoms with Gasteiger partial charge in [0.1, 0.15) is 11.6 Å². The Balaban J connectivity index is 1.33. The zero-order valence-corrected chi connectivity index (χ0v) is 16.6. The molecular weight excluding hydrogens is 377 g/mol. The van der Waals surface area contributed by atoms with E-state index in [1.807, 2.05) is 4.68 Å². The van der Waals surface area contributed by atoms with Gasteiger partial charge in [0, 0.05) is 30.9 Å². The van der Waals surface area contributed by atoms with Gasteiger partial charge < -0.3 is 10.2 Å². The van der Waals surface area contributed by atoms with E-state index in [9.17, 15) is 9.18 Å². The molecule has 4 rings (SSSR count). The number of hydrogen-bond donors (Lipinski definition) is 2. The smallest absolute Gasteiger partial charge is 0.308 e. The van der Waals surface area contributed by atoms with Crippen molar-refractivity contribution in [2.45, 2.75) is 37.8 Å². The molecule has 3 heterocycles. The van der Waals surface area contributed by atoms with Crippen LogP contribution in [0, 0.1) is 5.82 Å². The molecule has 0 atom stereocenters. The molecule has 2 aliphatic rings. The Morgan fingerprint density at radius 3 is 2.61 bits per heavy atom. The van der Waals surface area contributed by atoms with Gasteiger partial charge in [0.2, 0.25) is 0 Å². The molecule has 150 valence electrons. The number of urea groups is 1. The number of benzene rings is 1. The molecule has 28 heavy (non-hydrogen) atoms. The molecular formula is C20H26FN5OS. The van der Waals surface area contributed by atoms with Gasteiger partial charge >= 0.3 is 6.03 Å². The van der Waals surface area contributed by atoms with Crippen molar-refractivity contribution in [1.82, 2.24) is 14.7 Å². The Labute approximate surface area is 168 Å². The third-order valence-electron chi connectivity index (χ3n) is 5.55. The summed E-state index contributed by atoms with van der Waals surface area (Å²) in [7, 11) is 0. The quantitative estimate of drug-likeness (QED) is 0.803. The van der Waals surface area contributed by atoms with Crippen LogP contribution in [0.15, 0.2) is 36.5 Å². The highest BCUT2D eigenvalue weighted by atomic mass is 32.2. The number of piperidine rings is 1. The van der Waals surface area contributed by atoms with Crippen molar-refractivity contribution in [3.63, 3.8) is 0 Å². The van der Waals surface area contributed by atoms with Crippen LogP contribution in [-0.2, 0) is 0 Å². The highest BCUT2D eigenvalue weighted by Gasteiger charge is 2.28. The number of rotatable bonds is 4. The van der Waals surface area contributed by atoms with Crippen LogP contribution in [0.2, 0.25) is 0 Å². The zero-order chi connectivity index (χ0) is 19.3. The van der Waals surface area contributed by atoms with Crippen LogP contribution in [-0.4, -0.2) is 51.3 Å². The molecule has 1 aromatic heterocycles. The van der Waals surface area contributed by atoms with Crippen LogP contribution < -0.4 is 10.6 Å². The minimum Gasteiger partial charge on any atom is -0.308 e. The van der Waals surface area contributed by atoms with Crippen LogP contribution in [0.1, 0.15) is 31.7 Å². The number of anilines is 2. The number of amides is 2. The first-order valence-corrected chi connectivity index (χ1v) is 11.0. The second kappa shape index (κ2) is 8.96. The summed E-state index contributed by atoms with van der Waals surface area (Å²) in [6.45, 7) is 2.16. The summed E-state index contributed by atoms with van der Waals surface area (Å²) >= 11 is 2.06. The number of nitrogens with one attached hydrogen (secondary N) is 2. The number of nitrogens with zero attached hydrogens (tertiary/aromatic N) is 3. The first kappa shape index (κ1) is 19.3. The average Bonchev–Trinajstić information content (AvgIpc) is 3.17. The second-order valence-corrected chi connectivity index (χ2v) is 8.59. The van der Waals surface area contributed by atoms with Gasteiger partial charge in [0.25, 0.3) is 0 Å².